The van der Waals surface area contributed by atoms with Crippen LogP contribution in [0.25, 0.3) is 0 Å². The maximum atomic E-state index is 11.5. The van der Waals surface area contributed by atoms with Crippen molar-refractivity contribution in [3.63, 3.8) is 0 Å². The van der Waals surface area contributed by atoms with E-state index in [1.165, 1.54) is 0 Å². The van der Waals surface area contributed by atoms with E-state index in [4.69, 9.17) is 4.74 Å². The van der Waals surface area contributed by atoms with Gasteiger partial charge in [-0.3, -0.25) is 4.79 Å². The Hall–Kier alpha value is -0.830. The van der Waals surface area contributed by atoms with E-state index in [1.807, 2.05) is 19.9 Å². The van der Waals surface area contributed by atoms with Crippen molar-refractivity contribution >= 4 is 5.91 Å². The molecule has 0 radical (unpaired) electrons. The predicted octanol–water partition coefficient (Wildman–Crippen LogP) is 1.25. The normalized spacial score (nSPS) is 23.2. The number of nitrogens with one attached hydrogen (secondary N) is 1. The first kappa shape index (κ1) is 10.3. The molecule has 1 aliphatic rings. The minimum Gasteiger partial charge on any atom is -0.379 e. The van der Waals surface area contributed by atoms with Crippen molar-refractivity contribution in [2.24, 2.45) is 0 Å². The minimum absolute atomic E-state index is 0.0392. The fourth-order valence-corrected chi connectivity index (χ4v) is 1.35. The number of ether oxygens (including phenoxy) is 1. The zero-order valence-corrected chi connectivity index (χ0v) is 8.30. The molecule has 1 aliphatic heterocycles. The summed E-state index contributed by atoms with van der Waals surface area (Å²) in [6, 6.07) is 0.215. The summed E-state index contributed by atoms with van der Waals surface area (Å²) in [7, 11) is 0. The summed E-state index contributed by atoms with van der Waals surface area (Å²) in [5, 5.41) is 2.93. The predicted molar refractivity (Wildman–Crippen MR) is 51.4 cm³/mol. The van der Waals surface area contributed by atoms with Crippen LogP contribution in [-0.2, 0) is 9.53 Å². The van der Waals surface area contributed by atoms with Crippen LogP contribution in [0.1, 0.15) is 26.7 Å². The molecule has 1 saturated heterocycles. The Morgan fingerprint density at radius 2 is 2.46 bits per heavy atom. The fraction of sp³-hybridized carbons (Fsp3) is 0.700. The molecule has 0 saturated carbocycles. The highest BCUT2D eigenvalue weighted by atomic mass is 16.5. The molecule has 0 aromatic rings. The number of rotatable bonds is 3. The SMILES string of the molecule is CC/C=C(/C)C(=O)NC1CCOC1. The van der Waals surface area contributed by atoms with Crippen LogP contribution in [0.3, 0.4) is 0 Å². The monoisotopic (exact) mass is 183 g/mol. The molecular formula is C10H17NO2. The van der Waals surface area contributed by atoms with E-state index in [0.717, 1.165) is 25.0 Å². The van der Waals surface area contributed by atoms with Crippen molar-refractivity contribution in [2.75, 3.05) is 13.2 Å². The lowest BCUT2D eigenvalue weighted by Crippen LogP contribution is -2.35. The number of carbonyl (C=O) groups is 1. The van der Waals surface area contributed by atoms with E-state index in [-0.39, 0.29) is 11.9 Å². The molecule has 1 amide bonds. The van der Waals surface area contributed by atoms with Crippen LogP contribution in [-0.4, -0.2) is 25.2 Å². The lowest BCUT2D eigenvalue weighted by atomic mass is 10.2. The van der Waals surface area contributed by atoms with E-state index in [9.17, 15) is 4.79 Å². The lowest BCUT2D eigenvalue weighted by Gasteiger charge is -2.10. The van der Waals surface area contributed by atoms with Crippen molar-refractivity contribution in [3.8, 4) is 0 Å². The highest BCUT2D eigenvalue weighted by Crippen LogP contribution is 2.04. The first-order valence-electron chi connectivity index (χ1n) is 4.79. The molecule has 0 aromatic heterocycles. The molecule has 3 heteroatoms. The third-order valence-electron chi connectivity index (χ3n) is 2.13. The molecule has 0 spiro atoms. The van der Waals surface area contributed by atoms with Crippen molar-refractivity contribution in [2.45, 2.75) is 32.7 Å². The summed E-state index contributed by atoms with van der Waals surface area (Å²) >= 11 is 0. The van der Waals surface area contributed by atoms with Gasteiger partial charge in [0.15, 0.2) is 0 Å². The van der Waals surface area contributed by atoms with Gasteiger partial charge < -0.3 is 10.1 Å². The van der Waals surface area contributed by atoms with Gasteiger partial charge in [0, 0.05) is 12.2 Å². The van der Waals surface area contributed by atoms with Gasteiger partial charge in [-0.15, -0.1) is 0 Å². The van der Waals surface area contributed by atoms with Crippen LogP contribution < -0.4 is 5.32 Å². The van der Waals surface area contributed by atoms with E-state index in [0.29, 0.717) is 6.61 Å². The van der Waals surface area contributed by atoms with Crippen LogP contribution in [0.5, 0.6) is 0 Å². The molecule has 74 valence electrons. The second-order valence-electron chi connectivity index (χ2n) is 3.33. The summed E-state index contributed by atoms with van der Waals surface area (Å²) in [5.41, 5.74) is 0.800. The van der Waals surface area contributed by atoms with Gasteiger partial charge in [0.2, 0.25) is 5.91 Å². The zero-order chi connectivity index (χ0) is 9.68. The first-order chi connectivity index (χ1) is 6.24. The maximum Gasteiger partial charge on any atom is 0.246 e. The molecule has 0 aromatic carbocycles. The Morgan fingerprint density at radius 1 is 1.69 bits per heavy atom. The number of amides is 1. The number of carbonyl (C=O) groups excluding carboxylic acids is 1. The molecule has 1 N–H and O–H groups in total. The summed E-state index contributed by atoms with van der Waals surface area (Å²) in [6.07, 6.45) is 3.77. The molecule has 1 fully saturated rings. The number of allylic oxidation sites excluding steroid dienone is 1. The standard InChI is InChI=1S/C10H17NO2/c1-3-4-8(2)10(12)11-9-5-6-13-7-9/h4,9H,3,5-7H2,1-2H3,(H,11,12)/b8-4-. The molecule has 1 rings (SSSR count). The van der Waals surface area contributed by atoms with Gasteiger partial charge in [-0.1, -0.05) is 13.0 Å². The van der Waals surface area contributed by atoms with Gasteiger partial charge >= 0.3 is 0 Å². The van der Waals surface area contributed by atoms with Gasteiger partial charge in [0.25, 0.3) is 0 Å². The summed E-state index contributed by atoms with van der Waals surface area (Å²) in [6.45, 7) is 5.29. The second-order valence-corrected chi connectivity index (χ2v) is 3.33. The molecule has 1 atom stereocenters. The van der Waals surface area contributed by atoms with Gasteiger partial charge in [0.1, 0.15) is 0 Å². The second kappa shape index (κ2) is 5.02. The van der Waals surface area contributed by atoms with Crippen LogP contribution in [0, 0.1) is 0 Å². The molecular weight excluding hydrogens is 166 g/mol. The van der Waals surface area contributed by atoms with Crippen LogP contribution in [0.15, 0.2) is 11.6 Å². The van der Waals surface area contributed by atoms with Crippen molar-refractivity contribution in [3.05, 3.63) is 11.6 Å². The number of hydrogen-bond donors (Lipinski definition) is 1. The third-order valence-corrected chi connectivity index (χ3v) is 2.13. The molecule has 0 bridgehead atoms. The topological polar surface area (TPSA) is 38.3 Å². The molecule has 3 nitrogen and oxygen atoms in total. The quantitative estimate of drug-likeness (QED) is 0.669. The Kier molecular flexibility index (Phi) is 3.96. The van der Waals surface area contributed by atoms with Crippen molar-refractivity contribution in [1.29, 1.82) is 0 Å². The highest BCUT2D eigenvalue weighted by molar-refractivity contribution is 5.92. The van der Waals surface area contributed by atoms with Crippen LogP contribution in [0.2, 0.25) is 0 Å². The fourth-order valence-electron chi connectivity index (χ4n) is 1.35. The average Bonchev–Trinajstić information content (AvgIpc) is 2.57. The van der Waals surface area contributed by atoms with Gasteiger partial charge in [-0.05, 0) is 19.8 Å². The molecule has 1 heterocycles. The van der Waals surface area contributed by atoms with E-state index in [2.05, 4.69) is 5.32 Å². The largest absolute Gasteiger partial charge is 0.379 e. The van der Waals surface area contributed by atoms with E-state index >= 15 is 0 Å². The average molecular weight is 183 g/mol. The Labute approximate surface area is 79.2 Å². The van der Waals surface area contributed by atoms with Crippen LogP contribution >= 0.6 is 0 Å². The molecule has 13 heavy (non-hydrogen) atoms. The van der Waals surface area contributed by atoms with E-state index < -0.39 is 0 Å². The Bertz CT molecular complexity index is 205. The first-order valence-corrected chi connectivity index (χ1v) is 4.79. The minimum atomic E-state index is 0.0392. The summed E-state index contributed by atoms with van der Waals surface area (Å²) < 4.78 is 5.16. The van der Waals surface area contributed by atoms with Crippen molar-refractivity contribution in [1.82, 2.24) is 5.32 Å². The summed E-state index contributed by atoms with van der Waals surface area (Å²) in [4.78, 5) is 11.5. The number of hydrogen-bond acceptors (Lipinski definition) is 2. The zero-order valence-electron chi connectivity index (χ0n) is 8.30. The summed E-state index contributed by atoms with van der Waals surface area (Å²) in [5.74, 6) is 0.0392. The van der Waals surface area contributed by atoms with Crippen LogP contribution in [0.4, 0.5) is 0 Å². The molecule has 1 unspecified atom stereocenters. The third kappa shape index (κ3) is 3.19. The van der Waals surface area contributed by atoms with Gasteiger partial charge in [0.05, 0.1) is 12.6 Å². The van der Waals surface area contributed by atoms with Gasteiger partial charge in [-0.2, -0.15) is 0 Å². The lowest BCUT2D eigenvalue weighted by molar-refractivity contribution is -0.118. The van der Waals surface area contributed by atoms with Crippen molar-refractivity contribution < 1.29 is 9.53 Å². The van der Waals surface area contributed by atoms with Gasteiger partial charge in [-0.25, -0.2) is 0 Å². The van der Waals surface area contributed by atoms with E-state index in [1.54, 1.807) is 0 Å². The highest BCUT2D eigenvalue weighted by Gasteiger charge is 2.17. The Balaban J connectivity index is 2.35. The molecule has 0 aliphatic carbocycles. The maximum absolute atomic E-state index is 11.5. The smallest absolute Gasteiger partial charge is 0.246 e. The Morgan fingerprint density at radius 3 is 3.00 bits per heavy atom.